The molecule has 0 aliphatic carbocycles. The second kappa shape index (κ2) is 7.78. The van der Waals surface area contributed by atoms with Crippen molar-refractivity contribution in [3.8, 4) is 0 Å². The lowest BCUT2D eigenvalue weighted by molar-refractivity contribution is -0.149. The fourth-order valence-electron chi connectivity index (χ4n) is 2.53. The van der Waals surface area contributed by atoms with Crippen LogP contribution in [0.4, 0.5) is 0 Å². The molecule has 1 amide bonds. The number of nitrogens with zero attached hydrogens (tertiary/aromatic N) is 1. The van der Waals surface area contributed by atoms with E-state index in [1.54, 1.807) is 12.1 Å². The monoisotopic (exact) mass is 290 g/mol. The van der Waals surface area contributed by atoms with Crippen LogP contribution in [0.2, 0.25) is 0 Å². The van der Waals surface area contributed by atoms with Gasteiger partial charge in [-0.2, -0.15) is 0 Å². The van der Waals surface area contributed by atoms with Crippen LogP contribution in [-0.2, 0) is 9.53 Å². The highest BCUT2D eigenvalue weighted by Crippen LogP contribution is 2.17. The van der Waals surface area contributed by atoms with Gasteiger partial charge in [0.1, 0.15) is 0 Å². The van der Waals surface area contributed by atoms with Crippen LogP contribution in [0.1, 0.15) is 30.1 Å². The molecule has 1 aromatic carbocycles. The number of amides is 1. The molecule has 1 atom stereocenters. The molecule has 0 saturated carbocycles. The average molecular weight is 290 g/mol. The Bertz CT molecular complexity index is 476. The van der Waals surface area contributed by atoms with Crippen LogP contribution in [0.3, 0.4) is 0 Å². The number of carbonyl (C=O) groups excluding carboxylic acids is 2. The van der Waals surface area contributed by atoms with Crippen LogP contribution in [0.5, 0.6) is 0 Å². The Morgan fingerprint density at radius 3 is 2.81 bits per heavy atom. The standard InChI is InChI=1S/C16H22N2O3/c1-2-21-16(20)14-9-6-10-18(11-14)12-17-15(19)13-7-4-3-5-8-13/h3-5,7-8,14H,2,6,9-12H2,1H3,(H,17,19). The molecule has 1 heterocycles. The molecule has 0 spiro atoms. The zero-order chi connectivity index (χ0) is 15.1. The molecule has 21 heavy (non-hydrogen) atoms. The maximum atomic E-state index is 12.0. The van der Waals surface area contributed by atoms with Gasteiger partial charge in [-0.25, -0.2) is 0 Å². The van der Waals surface area contributed by atoms with Gasteiger partial charge in [-0.15, -0.1) is 0 Å². The van der Waals surface area contributed by atoms with Crippen LogP contribution in [0.15, 0.2) is 30.3 Å². The minimum Gasteiger partial charge on any atom is -0.466 e. The third-order valence-electron chi connectivity index (χ3n) is 3.62. The molecule has 1 aliphatic heterocycles. The molecular weight excluding hydrogens is 268 g/mol. The van der Waals surface area contributed by atoms with Crippen LogP contribution in [0.25, 0.3) is 0 Å². The summed E-state index contributed by atoms with van der Waals surface area (Å²) in [5.41, 5.74) is 0.649. The van der Waals surface area contributed by atoms with E-state index in [0.717, 1.165) is 19.4 Å². The van der Waals surface area contributed by atoms with E-state index >= 15 is 0 Å². The van der Waals surface area contributed by atoms with Gasteiger partial charge in [0.05, 0.1) is 19.2 Å². The predicted octanol–water partition coefficient (Wildman–Crippen LogP) is 1.65. The van der Waals surface area contributed by atoms with E-state index < -0.39 is 0 Å². The molecule has 1 unspecified atom stereocenters. The highest BCUT2D eigenvalue weighted by atomic mass is 16.5. The maximum Gasteiger partial charge on any atom is 0.310 e. The lowest BCUT2D eigenvalue weighted by atomic mass is 9.98. The zero-order valence-corrected chi connectivity index (χ0v) is 12.4. The Kier molecular flexibility index (Phi) is 5.75. The van der Waals surface area contributed by atoms with Crippen molar-refractivity contribution >= 4 is 11.9 Å². The predicted molar refractivity (Wildman–Crippen MR) is 79.7 cm³/mol. The maximum absolute atomic E-state index is 12.0. The van der Waals surface area contributed by atoms with Gasteiger partial charge in [-0.3, -0.25) is 14.5 Å². The molecule has 1 fully saturated rings. The number of hydrogen-bond donors (Lipinski definition) is 1. The summed E-state index contributed by atoms with van der Waals surface area (Å²) in [6.45, 7) is 4.24. The molecule has 2 rings (SSSR count). The summed E-state index contributed by atoms with van der Waals surface area (Å²) in [5.74, 6) is -0.294. The molecule has 0 bridgehead atoms. The third kappa shape index (κ3) is 4.56. The highest BCUT2D eigenvalue weighted by Gasteiger charge is 2.26. The van der Waals surface area contributed by atoms with Crippen LogP contribution in [0, 0.1) is 5.92 Å². The van der Waals surface area contributed by atoms with Gasteiger partial charge in [0.25, 0.3) is 5.91 Å². The van der Waals surface area contributed by atoms with Crippen molar-refractivity contribution in [2.75, 3.05) is 26.4 Å². The fraction of sp³-hybridized carbons (Fsp3) is 0.500. The average Bonchev–Trinajstić information content (AvgIpc) is 2.54. The Morgan fingerprint density at radius 2 is 2.10 bits per heavy atom. The van der Waals surface area contributed by atoms with Gasteiger partial charge in [0.2, 0.25) is 0 Å². The SMILES string of the molecule is CCOC(=O)C1CCCN(CNC(=O)c2ccccc2)C1. The molecule has 5 nitrogen and oxygen atoms in total. The zero-order valence-electron chi connectivity index (χ0n) is 12.4. The number of ether oxygens (including phenoxy) is 1. The van der Waals surface area contributed by atoms with Crippen molar-refractivity contribution in [1.29, 1.82) is 0 Å². The van der Waals surface area contributed by atoms with Crippen molar-refractivity contribution in [3.63, 3.8) is 0 Å². The number of esters is 1. The molecule has 1 aliphatic rings. The minimum atomic E-state index is -0.128. The molecule has 0 radical (unpaired) electrons. The van der Waals surface area contributed by atoms with E-state index in [1.165, 1.54) is 0 Å². The van der Waals surface area contributed by atoms with E-state index in [-0.39, 0.29) is 17.8 Å². The van der Waals surface area contributed by atoms with Gasteiger partial charge >= 0.3 is 5.97 Å². The quantitative estimate of drug-likeness (QED) is 0.838. The molecule has 114 valence electrons. The first-order valence-electron chi connectivity index (χ1n) is 7.43. The lowest BCUT2D eigenvalue weighted by Gasteiger charge is -2.31. The van der Waals surface area contributed by atoms with Crippen LogP contribution >= 0.6 is 0 Å². The Morgan fingerprint density at radius 1 is 1.33 bits per heavy atom. The first kappa shape index (κ1) is 15.5. The smallest absolute Gasteiger partial charge is 0.310 e. The summed E-state index contributed by atoms with van der Waals surface area (Å²) in [6, 6.07) is 9.13. The summed E-state index contributed by atoms with van der Waals surface area (Å²) in [4.78, 5) is 25.8. The van der Waals surface area contributed by atoms with Crippen LogP contribution in [-0.4, -0.2) is 43.1 Å². The van der Waals surface area contributed by atoms with Gasteiger partial charge in [0.15, 0.2) is 0 Å². The van der Waals surface area contributed by atoms with Gasteiger partial charge in [-0.1, -0.05) is 18.2 Å². The van der Waals surface area contributed by atoms with Gasteiger partial charge in [0, 0.05) is 12.1 Å². The van der Waals surface area contributed by atoms with Crippen molar-refractivity contribution < 1.29 is 14.3 Å². The van der Waals surface area contributed by atoms with Gasteiger partial charge < -0.3 is 10.1 Å². The molecule has 1 aromatic rings. The molecule has 1 saturated heterocycles. The molecule has 0 aromatic heterocycles. The Hall–Kier alpha value is -1.88. The summed E-state index contributed by atoms with van der Waals surface area (Å²) in [7, 11) is 0. The first-order valence-corrected chi connectivity index (χ1v) is 7.43. The number of benzene rings is 1. The first-order chi connectivity index (χ1) is 10.2. The number of hydrogen-bond acceptors (Lipinski definition) is 4. The summed E-state index contributed by atoms with van der Waals surface area (Å²) >= 11 is 0. The number of rotatable bonds is 5. The lowest BCUT2D eigenvalue weighted by Crippen LogP contribution is -2.45. The number of piperidine rings is 1. The van der Waals surface area contributed by atoms with Crippen LogP contribution < -0.4 is 5.32 Å². The second-order valence-corrected chi connectivity index (χ2v) is 5.20. The van der Waals surface area contributed by atoms with Crippen molar-refractivity contribution in [2.24, 2.45) is 5.92 Å². The van der Waals surface area contributed by atoms with E-state index in [0.29, 0.717) is 25.4 Å². The molecule has 5 heteroatoms. The fourth-order valence-corrected chi connectivity index (χ4v) is 2.53. The third-order valence-corrected chi connectivity index (χ3v) is 3.62. The van der Waals surface area contributed by atoms with E-state index in [4.69, 9.17) is 4.74 Å². The normalized spacial score (nSPS) is 19.0. The van der Waals surface area contributed by atoms with Crippen molar-refractivity contribution in [3.05, 3.63) is 35.9 Å². The van der Waals surface area contributed by atoms with E-state index in [9.17, 15) is 9.59 Å². The number of nitrogens with one attached hydrogen (secondary N) is 1. The minimum absolute atomic E-state index is 0.0765. The number of likely N-dealkylation sites (tertiary alicyclic amines) is 1. The summed E-state index contributed by atoms with van der Waals surface area (Å²) < 4.78 is 5.07. The molecular formula is C16H22N2O3. The van der Waals surface area contributed by atoms with Gasteiger partial charge in [-0.05, 0) is 38.4 Å². The Balaban J connectivity index is 1.80. The Labute approximate surface area is 125 Å². The number of carbonyl (C=O) groups is 2. The topological polar surface area (TPSA) is 58.6 Å². The second-order valence-electron chi connectivity index (χ2n) is 5.20. The summed E-state index contributed by atoms with van der Waals surface area (Å²) in [6.07, 6.45) is 1.81. The van der Waals surface area contributed by atoms with Crippen molar-refractivity contribution in [1.82, 2.24) is 10.2 Å². The van der Waals surface area contributed by atoms with E-state index in [1.807, 2.05) is 25.1 Å². The highest BCUT2D eigenvalue weighted by molar-refractivity contribution is 5.94. The van der Waals surface area contributed by atoms with Crippen molar-refractivity contribution in [2.45, 2.75) is 19.8 Å². The van der Waals surface area contributed by atoms with E-state index in [2.05, 4.69) is 10.2 Å². The summed E-state index contributed by atoms with van der Waals surface area (Å²) in [5, 5.41) is 2.90. The largest absolute Gasteiger partial charge is 0.466 e. The molecule has 1 N–H and O–H groups in total.